The van der Waals surface area contributed by atoms with Gasteiger partial charge in [0.2, 0.25) is 0 Å². The van der Waals surface area contributed by atoms with Gasteiger partial charge in [-0.05, 0) is 43.2 Å². The fourth-order valence-electron chi connectivity index (χ4n) is 3.06. The Morgan fingerprint density at radius 1 is 1.03 bits per heavy atom. The highest BCUT2D eigenvalue weighted by Crippen LogP contribution is 2.44. The van der Waals surface area contributed by atoms with Crippen LogP contribution in [0.2, 0.25) is 0 Å². The lowest BCUT2D eigenvalue weighted by Gasteiger charge is -2.23. The summed E-state index contributed by atoms with van der Waals surface area (Å²) < 4.78 is 130. The first kappa shape index (κ1) is 26.4. The van der Waals surface area contributed by atoms with E-state index in [2.05, 4.69) is 4.98 Å². The standard InChI is InChI=1S/C21H14F8N2O3S/c1-2-9-31(17-8-4-13(11-30-17)19(22,23)21(27,28)29)18(32)15-7-3-12(20(24,25)26)10-16(15)35(33,34)14-5-6-14/h1,3-4,7-8,10-11,14H,5-6,9H2. The van der Waals surface area contributed by atoms with Crippen LogP contribution in [0.5, 0.6) is 0 Å². The first-order valence-corrected chi connectivity index (χ1v) is 11.2. The van der Waals surface area contributed by atoms with Gasteiger partial charge in [0.15, 0.2) is 9.84 Å². The molecule has 1 fully saturated rings. The van der Waals surface area contributed by atoms with Gasteiger partial charge < -0.3 is 0 Å². The number of halogens is 8. The van der Waals surface area contributed by atoms with Crippen molar-refractivity contribution in [3.05, 3.63) is 53.2 Å². The zero-order valence-electron chi connectivity index (χ0n) is 17.3. The van der Waals surface area contributed by atoms with Crippen LogP contribution >= 0.6 is 0 Å². The summed E-state index contributed by atoms with van der Waals surface area (Å²) in [5.41, 5.74) is -3.55. The molecule has 1 aliphatic carbocycles. The maximum absolute atomic E-state index is 13.5. The van der Waals surface area contributed by atoms with Gasteiger partial charge in [0.25, 0.3) is 5.91 Å². The minimum absolute atomic E-state index is 0.161. The van der Waals surface area contributed by atoms with E-state index in [-0.39, 0.29) is 19.0 Å². The minimum atomic E-state index is -5.92. The van der Waals surface area contributed by atoms with Gasteiger partial charge in [0.05, 0.1) is 27.8 Å². The lowest BCUT2D eigenvalue weighted by Crippen LogP contribution is -2.35. The van der Waals surface area contributed by atoms with E-state index in [1.165, 1.54) is 0 Å². The molecule has 0 radical (unpaired) electrons. The van der Waals surface area contributed by atoms with E-state index in [1.807, 2.05) is 5.92 Å². The van der Waals surface area contributed by atoms with Crippen LogP contribution in [0.4, 0.5) is 40.9 Å². The molecule has 1 aromatic heterocycles. The molecule has 3 rings (SSSR count). The lowest BCUT2D eigenvalue weighted by atomic mass is 10.1. The fourth-order valence-corrected chi connectivity index (χ4v) is 4.93. The predicted octanol–water partition coefficient (Wildman–Crippen LogP) is 4.97. The van der Waals surface area contributed by atoms with Crippen LogP contribution in [0.25, 0.3) is 0 Å². The number of anilines is 1. The average molecular weight is 526 g/mol. The van der Waals surface area contributed by atoms with Gasteiger partial charge in [-0.1, -0.05) is 5.92 Å². The molecule has 0 unspecified atom stereocenters. The summed E-state index contributed by atoms with van der Waals surface area (Å²) >= 11 is 0. The third-order valence-corrected chi connectivity index (χ3v) is 7.35. The first-order valence-electron chi connectivity index (χ1n) is 9.63. The molecule has 1 aliphatic rings. The molecule has 0 N–H and O–H groups in total. The molecular formula is C21H14F8N2O3S. The summed E-state index contributed by atoms with van der Waals surface area (Å²) in [6.07, 6.45) is -5.13. The average Bonchev–Trinajstić information content (AvgIpc) is 3.61. The Morgan fingerprint density at radius 2 is 1.63 bits per heavy atom. The van der Waals surface area contributed by atoms with Crippen molar-refractivity contribution >= 4 is 21.6 Å². The van der Waals surface area contributed by atoms with Crippen LogP contribution in [0.15, 0.2) is 41.4 Å². The second kappa shape index (κ2) is 8.78. The van der Waals surface area contributed by atoms with Crippen LogP contribution < -0.4 is 4.90 Å². The molecule has 35 heavy (non-hydrogen) atoms. The Morgan fingerprint density at radius 3 is 2.09 bits per heavy atom. The highest BCUT2D eigenvalue weighted by atomic mass is 32.2. The zero-order chi connectivity index (χ0) is 26.4. The number of aromatic nitrogens is 1. The van der Waals surface area contributed by atoms with Crippen LogP contribution in [0.3, 0.4) is 0 Å². The van der Waals surface area contributed by atoms with E-state index in [0.717, 1.165) is 0 Å². The van der Waals surface area contributed by atoms with Gasteiger partial charge in [-0.3, -0.25) is 9.69 Å². The van der Waals surface area contributed by atoms with Crippen LogP contribution in [-0.2, 0) is 21.9 Å². The van der Waals surface area contributed by atoms with Crippen molar-refractivity contribution in [3.63, 3.8) is 0 Å². The summed E-state index contributed by atoms with van der Waals surface area (Å²) in [6, 6.07) is 2.41. The Labute approximate surface area is 193 Å². The topological polar surface area (TPSA) is 67.3 Å². The summed E-state index contributed by atoms with van der Waals surface area (Å²) in [5, 5.41) is -0.986. The normalized spacial score (nSPS) is 14.9. The van der Waals surface area contributed by atoms with Crippen molar-refractivity contribution in [3.8, 4) is 12.3 Å². The van der Waals surface area contributed by atoms with Gasteiger partial charge in [0, 0.05) is 11.8 Å². The molecule has 0 spiro atoms. The van der Waals surface area contributed by atoms with Gasteiger partial charge in [-0.25, -0.2) is 13.4 Å². The number of carbonyl (C=O) groups is 1. The number of alkyl halides is 8. The van der Waals surface area contributed by atoms with Crippen LogP contribution in [-0.4, -0.2) is 37.3 Å². The summed E-state index contributed by atoms with van der Waals surface area (Å²) in [6.45, 7) is -0.648. The molecule has 5 nitrogen and oxygen atoms in total. The van der Waals surface area contributed by atoms with Crippen LogP contribution in [0.1, 0.15) is 34.3 Å². The van der Waals surface area contributed by atoms with Gasteiger partial charge >= 0.3 is 18.3 Å². The SMILES string of the molecule is C#CCN(C(=O)c1ccc(C(F)(F)F)cc1S(=O)(=O)C1CC1)c1ccc(C(F)(F)C(F)(F)F)cn1. The molecule has 2 aromatic rings. The zero-order valence-corrected chi connectivity index (χ0v) is 18.1. The molecule has 0 saturated heterocycles. The van der Waals surface area contributed by atoms with E-state index in [9.17, 15) is 48.3 Å². The highest BCUT2D eigenvalue weighted by Gasteiger charge is 2.59. The number of hydrogen-bond acceptors (Lipinski definition) is 4. The lowest BCUT2D eigenvalue weighted by molar-refractivity contribution is -0.289. The number of pyridine rings is 1. The number of benzene rings is 1. The van der Waals surface area contributed by atoms with Crippen molar-refractivity contribution in [1.29, 1.82) is 0 Å². The first-order chi connectivity index (χ1) is 16.0. The molecule has 188 valence electrons. The Balaban J connectivity index is 2.08. The largest absolute Gasteiger partial charge is 0.458 e. The summed E-state index contributed by atoms with van der Waals surface area (Å²) in [5.74, 6) is -4.99. The Bertz CT molecular complexity index is 1280. The van der Waals surface area contributed by atoms with Gasteiger partial charge in [-0.15, -0.1) is 6.42 Å². The summed E-state index contributed by atoms with van der Waals surface area (Å²) in [4.78, 5) is 16.3. The third kappa shape index (κ3) is 5.09. The molecule has 1 saturated carbocycles. The smallest absolute Gasteiger partial charge is 0.281 e. The van der Waals surface area contributed by atoms with E-state index in [4.69, 9.17) is 6.42 Å². The molecule has 1 amide bonds. The van der Waals surface area contributed by atoms with Gasteiger partial charge in [0.1, 0.15) is 5.82 Å². The van der Waals surface area contributed by atoms with E-state index in [0.29, 0.717) is 35.2 Å². The Kier molecular flexibility index (Phi) is 6.62. The molecule has 14 heteroatoms. The molecule has 1 heterocycles. The maximum atomic E-state index is 13.5. The molecule has 1 aromatic carbocycles. The number of sulfone groups is 1. The number of carbonyl (C=O) groups excluding carboxylic acids is 1. The number of terminal acetylenes is 1. The fraction of sp³-hybridized carbons (Fsp3) is 0.333. The maximum Gasteiger partial charge on any atom is 0.458 e. The van der Waals surface area contributed by atoms with E-state index < -0.39 is 73.2 Å². The van der Waals surface area contributed by atoms with Crippen molar-refractivity contribution < 1.29 is 48.3 Å². The predicted molar refractivity (Wildman–Crippen MR) is 106 cm³/mol. The van der Waals surface area contributed by atoms with Crippen molar-refractivity contribution in [2.45, 2.75) is 41.3 Å². The second-order valence-electron chi connectivity index (χ2n) is 7.53. The number of hydrogen-bond donors (Lipinski definition) is 0. The van der Waals surface area contributed by atoms with E-state index >= 15 is 0 Å². The van der Waals surface area contributed by atoms with Crippen molar-refractivity contribution in [2.75, 3.05) is 11.4 Å². The molecule has 0 aliphatic heterocycles. The minimum Gasteiger partial charge on any atom is -0.281 e. The van der Waals surface area contributed by atoms with Crippen LogP contribution in [0, 0.1) is 12.3 Å². The molecule has 0 atom stereocenters. The van der Waals surface area contributed by atoms with Crippen molar-refractivity contribution in [1.82, 2.24) is 4.98 Å². The van der Waals surface area contributed by atoms with Gasteiger partial charge in [-0.2, -0.15) is 35.1 Å². The number of amides is 1. The molecular weight excluding hydrogens is 512 g/mol. The molecule has 0 bridgehead atoms. The quantitative estimate of drug-likeness (QED) is 0.394. The second-order valence-corrected chi connectivity index (χ2v) is 9.72. The number of rotatable bonds is 6. The Hall–Kier alpha value is -3.21. The number of nitrogens with zero attached hydrogens (tertiary/aromatic N) is 2. The third-order valence-electron chi connectivity index (χ3n) is 5.05. The monoisotopic (exact) mass is 526 g/mol. The highest BCUT2D eigenvalue weighted by molar-refractivity contribution is 7.92. The summed E-state index contributed by atoms with van der Waals surface area (Å²) in [7, 11) is -4.34. The van der Waals surface area contributed by atoms with E-state index in [1.54, 1.807) is 0 Å². The van der Waals surface area contributed by atoms with Crippen molar-refractivity contribution in [2.24, 2.45) is 0 Å².